The van der Waals surface area contributed by atoms with Gasteiger partial charge in [-0.15, -0.1) is 0 Å². The zero-order valence-electron chi connectivity index (χ0n) is 10.6. The Morgan fingerprint density at radius 1 is 1.39 bits per heavy atom. The Kier molecular flexibility index (Phi) is 2.69. The van der Waals surface area contributed by atoms with Gasteiger partial charge in [0.05, 0.1) is 12.4 Å². The van der Waals surface area contributed by atoms with Gasteiger partial charge in [-0.2, -0.15) is 0 Å². The van der Waals surface area contributed by atoms with Crippen LogP contribution in [-0.4, -0.2) is 29.5 Å². The number of hydrogen-bond donors (Lipinski definition) is 2. The molecule has 1 aromatic rings. The number of nitrogens with one attached hydrogen (secondary N) is 2. The molecule has 1 amide bonds. The highest BCUT2D eigenvalue weighted by Crippen LogP contribution is 2.60. The summed E-state index contributed by atoms with van der Waals surface area (Å²) < 4.78 is 0. The highest BCUT2D eigenvalue weighted by Gasteiger charge is 2.53. The number of rotatable bonds is 5. The summed E-state index contributed by atoms with van der Waals surface area (Å²) in [6.07, 6.45) is 8.30. The van der Waals surface area contributed by atoms with Crippen molar-refractivity contribution < 1.29 is 4.79 Å². The summed E-state index contributed by atoms with van der Waals surface area (Å²) in [5.41, 5.74) is 0.814. The average molecular weight is 246 g/mol. The molecule has 2 fully saturated rings. The summed E-state index contributed by atoms with van der Waals surface area (Å²) in [4.78, 5) is 20.1. The van der Waals surface area contributed by atoms with E-state index >= 15 is 0 Å². The van der Waals surface area contributed by atoms with Crippen molar-refractivity contribution in [2.24, 2.45) is 11.3 Å². The molecule has 0 aromatic carbocycles. The number of nitrogens with zero attached hydrogens (tertiary/aromatic N) is 2. The molecule has 96 valence electrons. The van der Waals surface area contributed by atoms with E-state index in [0.717, 1.165) is 12.5 Å². The van der Waals surface area contributed by atoms with E-state index in [0.29, 0.717) is 16.9 Å². The van der Waals surface area contributed by atoms with Gasteiger partial charge in [0.15, 0.2) is 0 Å². The Morgan fingerprint density at radius 2 is 2.17 bits per heavy atom. The van der Waals surface area contributed by atoms with Gasteiger partial charge in [0.25, 0.3) is 5.91 Å². The summed E-state index contributed by atoms with van der Waals surface area (Å²) >= 11 is 0. The number of amides is 1. The van der Waals surface area contributed by atoms with Crippen LogP contribution in [-0.2, 0) is 0 Å². The molecule has 0 saturated heterocycles. The van der Waals surface area contributed by atoms with Crippen LogP contribution in [0.25, 0.3) is 0 Å². The molecular formula is C13H18N4O. The first kappa shape index (κ1) is 11.4. The van der Waals surface area contributed by atoms with Crippen LogP contribution in [0.2, 0.25) is 0 Å². The molecule has 2 aliphatic rings. The minimum absolute atomic E-state index is 0.114. The van der Waals surface area contributed by atoms with Gasteiger partial charge in [-0.05, 0) is 37.0 Å². The first-order valence-electron chi connectivity index (χ1n) is 6.51. The SMILES string of the molecule is CNc1cnc(C(=O)NCC2(C3CC3)CC2)cn1. The van der Waals surface area contributed by atoms with E-state index in [1.54, 1.807) is 13.2 Å². The maximum atomic E-state index is 11.9. The number of carbonyl (C=O) groups is 1. The molecule has 2 saturated carbocycles. The van der Waals surface area contributed by atoms with E-state index in [9.17, 15) is 4.79 Å². The highest BCUT2D eigenvalue weighted by atomic mass is 16.1. The van der Waals surface area contributed by atoms with Crippen molar-refractivity contribution in [3.8, 4) is 0 Å². The maximum Gasteiger partial charge on any atom is 0.271 e. The van der Waals surface area contributed by atoms with Crippen LogP contribution in [0.4, 0.5) is 5.82 Å². The maximum absolute atomic E-state index is 11.9. The van der Waals surface area contributed by atoms with Gasteiger partial charge in [0.1, 0.15) is 11.5 Å². The fourth-order valence-corrected chi connectivity index (χ4v) is 2.51. The van der Waals surface area contributed by atoms with Crippen LogP contribution in [0, 0.1) is 11.3 Å². The lowest BCUT2D eigenvalue weighted by Crippen LogP contribution is -2.31. The van der Waals surface area contributed by atoms with E-state index in [4.69, 9.17) is 0 Å². The Balaban J connectivity index is 1.57. The second kappa shape index (κ2) is 4.23. The number of hydrogen-bond acceptors (Lipinski definition) is 4. The summed E-state index contributed by atoms with van der Waals surface area (Å²) in [6, 6.07) is 0. The van der Waals surface area contributed by atoms with Gasteiger partial charge in [0, 0.05) is 13.6 Å². The van der Waals surface area contributed by atoms with E-state index in [2.05, 4.69) is 20.6 Å². The third-order valence-corrected chi connectivity index (χ3v) is 4.08. The summed E-state index contributed by atoms with van der Waals surface area (Å²) in [5.74, 6) is 1.41. The summed E-state index contributed by atoms with van der Waals surface area (Å²) in [6.45, 7) is 0.798. The summed E-state index contributed by atoms with van der Waals surface area (Å²) in [7, 11) is 1.77. The Hall–Kier alpha value is -1.65. The van der Waals surface area contributed by atoms with Crippen molar-refractivity contribution in [3.63, 3.8) is 0 Å². The van der Waals surface area contributed by atoms with Gasteiger partial charge >= 0.3 is 0 Å². The number of carbonyl (C=O) groups excluding carboxylic acids is 1. The van der Waals surface area contributed by atoms with Crippen LogP contribution in [0.3, 0.4) is 0 Å². The van der Waals surface area contributed by atoms with E-state index in [1.165, 1.54) is 31.9 Å². The molecule has 0 aliphatic heterocycles. The largest absolute Gasteiger partial charge is 0.372 e. The predicted molar refractivity (Wildman–Crippen MR) is 68.3 cm³/mol. The smallest absolute Gasteiger partial charge is 0.271 e. The van der Waals surface area contributed by atoms with E-state index in [1.807, 2.05) is 0 Å². The first-order valence-corrected chi connectivity index (χ1v) is 6.51. The van der Waals surface area contributed by atoms with Crippen LogP contribution < -0.4 is 10.6 Å². The normalized spacial score (nSPS) is 20.3. The van der Waals surface area contributed by atoms with Gasteiger partial charge in [-0.3, -0.25) is 4.79 Å². The fraction of sp³-hybridized carbons (Fsp3) is 0.615. The topological polar surface area (TPSA) is 66.9 Å². The van der Waals surface area contributed by atoms with Crippen LogP contribution in [0.5, 0.6) is 0 Å². The monoisotopic (exact) mass is 246 g/mol. The molecule has 18 heavy (non-hydrogen) atoms. The molecule has 2 N–H and O–H groups in total. The lowest BCUT2D eigenvalue weighted by atomic mass is 10.0. The number of aromatic nitrogens is 2. The van der Waals surface area contributed by atoms with Crippen LogP contribution in [0.15, 0.2) is 12.4 Å². The van der Waals surface area contributed by atoms with Crippen LogP contribution >= 0.6 is 0 Å². The summed E-state index contributed by atoms with van der Waals surface area (Å²) in [5, 5.41) is 5.88. The number of anilines is 1. The van der Waals surface area contributed by atoms with Gasteiger partial charge in [0.2, 0.25) is 0 Å². The van der Waals surface area contributed by atoms with Gasteiger partial charge in [-0.1, -0.05) is 0 Å². The quantitative estimate of drug-likeness (QED) is 0.825. The molecule has 5 heteroatoms. The second-order valence-corrected chi connectivity index (χ2v) is 5.36. The second-order valence-electron chi connectivity index (χ2n) is 5.36. The molecular weight excluding hydrogens is 228 g/mol. The van der Waals surface area contributed by atoms with E-state index < -0.39 is 0 Å². The minimum atomic E-state index is -0.114. The Morgan fingerprint density at radius 3 is 2.67 bits per heavy atom. The molecule has 1 heterocycles. The zero-order chi connectivity index (χ0) is 12.6. The van der Waals surface area contributed by atoms with Crippen molar-refractivity contribution in [2.45, 2.75) is 25.7 Å². The van der Waals surface area contributed by atoms with Crippen LogP contribution in [0.1, 0.15) is 36.2 Å². The highest BCUT2D eigenvalue weighted by molar-refractivity contribution is 5.92. The van der Waals surface area contributed by atoms with Crippen molar-refractivity contribution in [3.05, 3.63) is 18.1 Å². The molecule has 2 aliphatic carbocycles. The molecule has 3 rings (SSSR count). The molecule has 0 atom stereocenters. The molecule has 0 unspecified atom stereocenters. The Labute approximate surface area is 106 Å². The first-order chi connectivity index (χ1) is 8.73. The van der Waals surface area contributed by atoms with Crippen molar-refractivity contribution >= 4 is 11.7 Å². The predicted octanol–water partition coefficient (Wildman–Crippen LogP) is 1.44. The van der Waals surface area contributed by atoms with Gasteiger partial charge < -0.3 is 10.6 Å². The standard InChI is InChI=1S/C13H18N4O/c1-14-11-7-15-10(6-16-11)12(18)17-8-13(4-5-13)9-2-3-9/h6-7,9H,2-5,8H2,1H3,(H,14,16)(H,17,18). The Bertz CT molecular complexity index is 449. The van der Waals surface area contributed by atoms with Crippen molar-refractivity contribution in [1.29, 1.82) is 0 Å². The lowest BCUT2D eigenvalue weighted by Gasteiger charge is -2.14. The molecule has 0 spiro atoms. The third-order valence-electron chi connectivity index (χ3n) is 4.08. The minimum Gasteiger partial charge on any atom is -0.372 e. The van der Waals surface area contributed by atoms with E-state index in [-0.39, 0.29) is 5.91 Å². The average Bonchev–Trinajstić information content (AvgIpc) is 3.28. The third kappa shape index (κ3) is 2.17. The zero-order valence-corrected chi connectivity index (χ0v) is 10.6. The molecule has 5 nitrogen and oxygen atoms in total. The molecule has 0 bridgehead atoms. The van der Waals surface area contributed by atoms with Crippen molar-refractivity contribution in [1.82, 2.24) is 15.3 Å². The fourth-order valence-electron chi connectivity index (χ4n) is 2.51. The molecule has 0 radical (unpaired) electrons. The van der Waals surface area contributed by atoms with Crippen molar-refractivity contribution in [2.75, 3.05) is 18.9 Å². The van der Waals surface area contributed by atoms with Gasteiger partial charge in [-0.25, -0.2) is 9.97 Å². The molecule has 1 aromatic heterocycles. The lowest BCUT2D eigenvalue weighted by molar-refractivity contribution is 0.0937.